The zero-order valence-corrected chi connectivity index (χ0v) is 11.5. The van der Waals surface area contributed by atoms with Crippen LogP contribution >= 0.6 is 0 Å². The summed E-state index contributed by atoms with van der Waals surface area (Å²) in [6, 6.07) is 5.67. The van der Waals surface area contributed by atoms with Gasteiger partial charge in [-0.25, -0.2) is 0 Å². The van der Waals surface area contributed by atoms with Crippen molar-refractivity contribution in [2.45, 2.75) is 20.3 Å². The summed E-state index contributed by atoms with van der Waals surface area (Å²) < 4.78 is 5.19. The molecule has 1 aromatic rings. The molecule has 0 heterocycles. The maximum Gasteiger partial charge on any atom is 0.250 e. The largest absolute Gasteiger partial charge is 0.372 e. The zero-order valence-electron chi connectivity index (χ0n) is 11.5. The number of ether oxygens (including phenoxy) is 1. The highest BCUT2D eigenvalue weighted by atomic mass is 16.5. The molecule has 0 aromatic heterocycles. The summed E-state index contributed by atoms with van der Waals surface area (Å²) in [7, 11) is 0. The predicted molar refractivity (Wildman–Crippen MR) is 76.9 cm³/mol. The van der Waals surface area contributed by atoms with Crippen LogP contribution in [0.2, 0.25) is 0 Å². The summed E-state index contributed by atoms with van der Waals surface area (Å²) in [6.45, 7) is 4.94. The van der Waals surface area contributed by atoms with E-state index < -0.39 is 0 Å². The average molecular weight is 260 g/mol. The number of hydrogen-bond acceptors (Lipinski definition) is 3. The second-order valence-corrected chi connectivity index (χ2v) is 4.19. The molecule has 0 spiro atoms. The van der Waals surface area contributed by atoms with Gasteiger partial charge in [0.1, 0.15) is 6.61 Å². The van der Waals surface area contributed by atoms with Crippen molar-refractivity contribution in [3.05, 3.63) is 29.3 Å². The molecule has 0 fully saturated rings. The number of rotatable bonds is 5. The Kier molecular flexibility index (Phi) is 6.65. The summed E-state index contributed by atoms with van der Waals surface area (Å²) in [6.07, 6.45) is 0.899. The van der Waals surface area contributed by atoms with Crippen molar-refractivity contribution >= 4 is 11.6 Å². The molecule has 0 aliphatic carbocycles. The van der Waals surface area contributed by atoms with Gasteiger partial charge < -0.3 is 15.8 Å². The summed E-state index contributed by atoms with van der Waals surface area (Å²) in [5, 5.41) is 2.80. The van der Waals surface area contributed by atoms with Crippen molar-refractivity contribution < 1.29 is 9.53 Å². The van der Waals surface area contributed by atoms with Crippen LogP contribution in [0.1, 0.15) is 24.5 Å². The van der Waals surface area contributed by atoms with Crippen LogP contribution in [0.5, 0.6) is 0 Å². The molecular weight excluding hydrogens is 240 g/mol. The van der Waals surface area contributed by atoms with Crippen LogP contribution in [0, 0.1) is 18.8 Å². The van der Waals surface area contributed by atoms with Crippen LogP contribution in [-0.4, -0.2) is 25.7 Å². The van der Waals surface area contributed by atoms with Crippen molar-refractivity contribution in [2.24, 2.45) is 5.73 Å². The van der Waals surface area contributed by atoms with Gasteiger partial charge in [-0.05, 0) is 37.1 Å². The van der Waals surface area contributed by atoms with E-state index >= 15 is 0 Å². The van der Waals surface area contributed by atoms with E-state index in [1.54, 1.807) is 0 Å². The molecule has 1 aromatic carbocycles. The molecule has 3 N–H and O–H groups in total. The Labute approximate surface area is 114 Å². The quantitative estimate of drug-likeness (QED) is 0.625. The summed E-state index contributed by atoms with van der Waals surface area (Å²) in [4.78, 5) is 11.6. The molecule has 0 radical (unpaired) electrons. The van der Waals surface area contributed by atoms with E-state index in [-0.39, 0.29) is 12.5 Å². The lowest BCUT2D eigenvalue weighted by Crippen LogP contribution is -2.18. The first kappa shape index (κ1) is 15.2. The Morgan fingerprint density at radius 2 is 2.21 bits per heavy atom. The van der Waals surface area contributed by atoms with Crippen LogP contribution in [0.3, 0.4) is 0 Å². The van der Waals surface area contributed by atoms with Crippen molar-refractivity contribution in [3.63, 3.8) is 0 Å². The Morgan fingerprint density at radius 3 is 2.89 bits per heavy atom. The molecule has 19 heavy (non-hydrogen) atoms. The fraction of sp³-hybridized carbons (Fsp3) is 0.400. The molecule has 0 bridgehead atoms. The normalized spacial score (nSPS) is 9.63. The Bertz CT molecular complexity index is 487. The molecule has 0 aliphatic rings. The first-order valence-electron chi connectivity index (χ1n) is 6.34. The monoisotopic (exact) mass is 260 g/mol. The van der Waals surface area contributed by atoms with Crippen LogP contribution < -0.4 is 11.1 Å². The second kappa shape index (κ2) is 8.30. The number of aryl methyl sites for hydroxylation is 1. The van der Waals surface area contributed by atoms with Gasteiger partial charge in [0.25, 0.3) is 0 Å². The van der Waals surface area contributed by atoms with Crippen LogP contribution in [0.15, 0.2) is 18.2 Å². The molecule has 0 saturated carbocycles. The zero-order chi connectivity index (χ0) is 14.1. The molecule has 1 rings (SSSR count). The first-order valence-corrected chi connectivity index (χ1v) is 6.34. The van der Waals surface area contributed by atoms with Crippen LogP contribution in [-0.2, 0) is 9.53 Å². The highest BCUT2D eigenvalue weighted by molar-refractivity contribution is 5.92. The van der Waals surface area contributed by atoms with Crippen molar-refractivity contribution in [1.82, 2.24) is 0 Å². The van der Waals surface area contributed by atoms with E-state index in [0.29, 0.717) is 13.2 Å². The lowest BCUT2D eigenvalue weighted by molar-refractivity contribution is -0.120. The maximum absolute atomic E-state index is 11.6. The number of hydrogen-bond donors (Lipinski definition) is 2. The molecule has 1 amide bonds. The third kappa shape index (κ3) is 6.05. The number of amides is 1. The minimum Gasteiger partial charge on any atom is -0.372 e. The smallest absolute Gasteiger partial charge is 0.250 e. The Balaban J connectivity index is 2.67. The number of benzene rings is 1. The molecular formula is C15H20N2O2. The molecule has 0 saturated heterocycles. The number of nitrogens with two attached hydrogens (primary N) is 1. The van der Waals surface area contributed by atoms with Crippen LogP contribution in [0.4, 0.5) is 5.69 Å². The van der Waals surface area contributed by atoms with Gasteiger partial charge in [0.15, 0.2) is 0 Å². The summed E-state index contributed by atoms with van der Waals surface area (Å²) in [5.41, 5.74) is 7.95. The van der Waals surface area contributed by atoms with Gasteiger partial charge >= 0.3 is 0 Å². The van der Waals surface area contributed by atoms with Gasteiger partial charge in [-0.3, -0.25) is 4.79 Å². The number of carbonyl (C=O) groups excluding carboxylic acids is 1. The summed E-state index contributed by atoms with van der Waals surface area (Å²) in [5.74, 6) is 5.59. The highest BCUT2D eigenvalue weighted by Gasteiger charge is 2.03. The molecule has 0 aliphatic heterocycles. The minimum absolute atomic E-state index is 0.0750. The maximum atomic E-state index is 11.6. The Hall–Kier alpha value is -1.83. The van der Waals surface area contributed by atoms with Gasteiger partial charge in [0, 0.05) is 17.9 Å². The van der Waals surface area contributed by atoms with E-state index in [2.05, 4.69) is 17.2 Å². The van der Waals surface area contributed by atoms with Crippen molar-refractivity contribution in [3.8, 4) is 11.8 Å². The third-order valence-corrected chi connectivity index (χ3v) is 2.28. The number of carbonyl (C=O) groups is 1. The van der Waals surface area contributed by atoms with Gasteiger partial charge in [-0.2, -0.15) is 0 Å². The van der Waals surface area contributed by atoms with Gasteiger partial charge in [-0.1, -0.05) is 18.8 Å². The van der Waals surface area contributed by atoms with E-state index in [9.17, 15) is 4.79 Å². The number of anilines is 1. The average Bonchev–Trinajstić information content (AvgIpc) is 2.36. The van der Waals surface area contributed by atoms with E-state index in [1.807, 2.05) is 32.0 Å². The molecule has 4 heteroatoms. The van der Waals surface area contributed by atoms with Gasteiger partial charge in [-0.15, -0.1) is 0 Å². The Morgan fingerprint density at radius 1 is 1.42 bits per heavy atom. The molecule has 4 nitrogen and oxygen atoms in total. The minimum atomic E-state index is -0.156. The van der Waals surface area contributed by atoms with Crippen molar-refractivity contribution in [2.75, 3.05) is 25.1 Å². The predicted octanol–water partition coefficient (Wildman–Crippen LogP) is 1.67. The van der Waals surface area contributed by atoms with Crippen LogP contribution in [0.25, 0.3) is 0 Å². The van der Waals surface area contributed by atoms with E-state index in [0.717, 1.165) is 23.2 Å². The second-order valence-electron chi connectivity index (χ2n) is 4.19. The lowest BCUT2D eigenvalue weighted by atomic mass is 10.1. The van der Waals surface area contributed by atoms with E-state index in [4.69, 9.17) is 10.5 Å². The summed E-state index contributed by atoms with van der Waals surface area (Å²) >= 11 is 0. The van der Waals surface area contributed by atoms with Gasteiger partial charge in [0.05, 0.1) is 6.54 Å². The van der Waals surface area contributed by atoms with Crippen molar-refractivity contribution in [1.29, 1.82) is 0 Å². The number of nitrogens with one attached hydrogen (secondary N) is 1. The third-order valence-electron chi connectivity index (χ3n) is 2.28. The lowest BCUT2D eigenvalue weighted by Gasteiger charge is -2.07. The fourth-order valence-electron chi connectivity index (χ4n) is 1.59. The molecule has 0 unspecified atom stereocenters. The molecule has 102 valence electrons. The fourth-order valence-corrected chi connectivity index (χ4v) is 1.59. The topological polar surface area (TPSA) is 64.3 Å². The SMILES string of the molecule is CCCOCC(=O)Nc1cc(C)cc(C#CCN)c1. The molecule has 0 atom stereocenters. The first-order chi connectivity index (χ1) is 9.15. The standard InChI is InChI=1S/C15H20N2O2/c1-3-7-19-11-15(18)17-14-9-12(2)8-13(10-14)5-4-6-16/h8-10H,3,6-7,11,16H2,1-2H3,(H,17,18). The highest BCUT2D eigenvalue weighted by Crippen LogP contribution is 2.13. The van der Waals surface area contributed by atoms with E-state index in [1.165, 1.54) is 0 Å². The van der Waals surface area contributed by atoms with Gasteiger partial charge in [0.2, 0.25) is 5.91 Å².